The Kier molecular flexibility index (Phi) is 5.01. The van der Waals surface area contributed by atoms with E-state index in [2.05, 4.69) is 15.5 Å². The third-order valence-electron chi connectivity index (χ3n) is 3.57. The molecule has 0 saturated heterocycles. The number of aromatic amines is 1. The van der Waals surface area contributed by atoms with Gasteiger partial charge in [-0.1, -0.05) is 42.5 Å². The molecule has 1 heterocycles. The lowest BCUT2D eigenvalue weighted by Crippen LogP contribution is -2.13. The summed E-state index contributed by atoms with van der Waals surface area (Å²) in [6.45, 7) is 0. The van der Waals surface area contributed by atoms with Gasteiger partial charge in [0.15, 0.2) is 0 Å². The van der Waals surface area contributed by atoms with Crippen molar-refractivity contribution in [1.82, 2.24) is 10.2 Å². The van der Waals surface area contributed by atoms with Gasteiger partial charge in [-0.05, 0) is 29.8 Å². The lowest BCUT2D eigenvalue weighted by molar-refractivity contribution is -0.112. The molecule has 26 heavy (non-hydrogen) atoms. The second kappa shape index (κ2) is 7.73. The number of hydrogen-bond donors (Lipinski definition) is 2. The van der Waals surface area contributed by atoms with E-state index in [9.17, 15) is 14.9 Å². The Balaban J connectivity index is 1.82. The molecule has 1 aromatic heterocycles. The van der Waals surface area contributed by atoms with Crippen LogP contribution in [0.3, 0.4) is 0 Å². The Morgan fingerprint density at radius 1 is 1.08 bits per heavy atom. The summed E-state index contributed by atoms with van der Waals surface area (Å²) >= 11 is 0. The highest BCUT2D eigenvalue weighted by atomic mass is 16.1. The van der Waals surface area contributed by atoms with Crippen LogP contribution in [0.5, 0.6) is 0 Å². The number of benzene rings is 2. The number of nitriles is 1. The SMILES string of the molecule is N#C/C(=C\c1ccccc1)C(=O)Nc1cccc(-c2ccc(=O)[nH]n2)c1. The van der Waals surface area contributed by atoms with Crippen LogP contribution in [-0.4, -0.2) is 16.1 Å². The number of amides is 1. The molecule has 1 amide bonds. The summed E-state index contributed by atoms with van der Waals surface area (Å²) in [5, 5.41) is 18.3. The van der Waals surface area contributed by atoms with Gasteiger partial charge in [0, 0.05) is 17.3 Å². The highest BCUT2D eigenvalue weighted by Crippen LogP contribution is 2.20. The Labute approximate surface area is 149 Å². The van der Waals surface area contributed by atoms with Crippen LogP contribution in [0.15, 0.2) is 77.1 Å². The quantitative estimate of drug-likeness (QED) is 0.562. The van der Waals surface area contributed by atoms with Crippen LogP contribution in [0.4, 0.5) is 5.69 Å². The van der Waals surface area contributed by atoms with Crippen molar-refractivity contribution in [3.63, 3.8) is 0 Å². The average Bonchev–Trinajstić information content (AvgIpc) is 2.67. The van der Waals surface area contributed by atoms with Crippen LogP contribution in [-0.2, 0) is 4.79 Å². The monoisotopic (exact) mass is 342 g/mol. The molecule has 0 spiro atoms. The first kappa shape index (κ1) is 16.9. The van der Waals surface area contributed by atoms with Crippen molar-refractivity contribution in [1.29, 1.82) is 5.26 Å². The van der Waals surface area contributed by atoms with Gasteiger partial charge in [0.25, 0.3) is 11.5 Å². The van der Waals surface area contributed by atoms with Crippen LogP contribution in [0.1, 0.15) is 5.56 Å². The molecule has 0 bridgehead atoms. The van der Waals surface area contributed by atoms with Crippen LogP contribution < -0.4 is 10.9 Å². The summed E-state index contributed by atoms with van der Waals surface area (Å²) in [5.41, 5.74) is 2.30. The molecule has 2 N–H and O–H groups in total. The molecule has 0 aliphatic carbocycles. The zero-order valence-electron chi connectivity index (χ0n) is 13.6. The normalized spacial score (nSPS) is 10.8. The maximum absolute atomic E-state index is 12.4. The number of rotatable bonds is 4. The van der Waals surface area contributed by atoms with Crippen LogP contribution in [0.2, 0.25) is 0 Å². The number of aromatic nitrogens is 2. The second-order valence-electron chi connectivity index (χ2n) is 5.42. The van der Waals surface area contributed by atoms with Crippen LogP contribution >= 0.6 is 0 Å². The summed E-state index contributed by atoms with van der Waals surface area (Å²) in [6.07, 6.45) is 1.53. The zero-order valence-corrected chi connectivity index (χ0v) is 13.6. The van der Waals surface area contributed by atoms with Crippen molar-refractivity contribution in [2.45, 2.75) is 0 Å². The van der Waals surface area contributed by atoms with E-state index in [-0.39, 0.29) is 11.1 Å². The Bertz CT molecular complexity index is 1040. The third-order valence-corrected chi connectivity index (χ3v) is 3.57. The van der Waals surface area contributed by atoms with E-state index in [0.29, 0.717) is 11.4 Å². The number of carbonyl (C=O) groups is 1. The molecular formula is C20H14N4O2. The molecule has 2 aromatic carbocycles. The number of nitrogens with zero attached hydrogens (tertiary/aromatic N) is 2. The number of anilines is 1. The molecule has 0 unspecified atom stereocenters. The number of hydrogen-bond acceptors (Lipinski definition) is 4. The van der Waals surface area contributed by atoms with Crippen molar-refractivity contribution < 1.29 is 4.79 Å². The number of carbonyl (C=O) groups excluding carboxylic acids is 1. The van der Waals surface area contributed by atoms with Gasteiger partial charge < -0.3 is 5.32 Å². The molecular weight excluding hydrogens is 328 g/mol. The molecule has 0 radical (unpaired) electrons. The maximum atomic E-state index is 12.4. The van der Waals surface area contributed by atoms with Gasteiger partial charge in [-0.25, -0.2) is 5.10 Å². The van der Waals surface area contributed by atoms with Gasteiger partial charge in [0.1, 0.15) is 11.6 Å². The van der Waals surface area contributed by atoms with Gasteiger partial charge in [-0.15, -0.1) is 0 Å². The van der Waals surface area contributed by atoms with Crippen LogP contribution in [0.25, 0.3) is 17.3 Å². The van der Waals surface area contributed by atoms with Crippen molar-refractivity contribution in [3.05, 3.63) is 88.2 Å². The largest absolute Gasteiger partial charge is 0.321 e. The van der Waals surface area contributed by atoms with E-state index in [1.54, 1.807) is 30.3 Å². The molecule has 6 heteroatoms. The average molecular weight is 342 g/mol. The fraction of sp³-hybridized carbons (Fsp3) is 0. The van der Waals surface area contributed by atoms with Gasteiger partial charge in [0.2, 0.25) is 0 Å². The Morgan fingerprint density at radius 2 is 1.88 bits per heavy atom. The molecule has 6 nitrogen and oxygen atoms in total. The first-order valence-corrected chi connectivity index (χ1v) is 7.80. The Morgan fingerprint density at radius 3 is 2.58 bits per heavy atom. The van der Waals surface area contributed by atoms with Crippen LogP contribution in [0, 0.1) is 11.3 Å². The van der Waals surface area contributed by atoms with E-state index in [1.165, 1.54) is 12.1 Å². The zero-order chi connectivity index (χ0) is 18.4. The molecule has 0 aliphatic rings. The van der Waals surface area contributed by atoms with Crippen molar-refractivity contribution >= 4 is 17.7 Å². The lowest BCUT2D eigenvalue weighted by atomic mass is 10.1. The highest BCUT2D eigenvalue weighted by Gasteiger charge is 2.10. The molecule has 0 saturated carbocycles. The van der Waals surface area contributed by atoms with Crippen molar-refractivity contribution in [2.75, 3.05) is 5.32 Å². The van der Waals surface area contributed by atoms with E-state index in [1.807, 2.05) is 36.4 Å². The van der Waals surface area contributed by atoms with Crippen molar-refractivity contribution in [3.8, 4) is 17.3 Å². The molecule has 0 aliphatic heterocycles. The topological polar surface area (TPSA) is 98.6 Å². The van der Waals surface area contributed by atoms with E-state index < -0.39 is 5.91 Å². The summed E-state index contributed by atoms with van der Waals surface area (Å²) in [4.78, 5) is 23.5. The molecule has 126 valence electrons. The molecule has 0 atom stereocenters. The minimum absolute atomic E-state index is 0.00349. The van der Waals surface area contributed by atoms with Crippen molar-refractivity contribution in [2.24, 2.45) is 0 Å². The molecule has 3 rings (SSSR count). The number of nitrogens with one attached hydrogen (secondary N) is 2. The first-order valence-electron chi connectivity index (χ1n) is 7.80. The van der Waals surface area contributed by atoms with E-state index >= 15 is 0 Å². The van der Waals surface area contributed by atoms with Gasteiger partial charge in [0.05, 0.1) is 5.69 Å². The predicted molar refractivity (Wildman–Crippen MR) is 99.0 cm³/mol. The minimum Gasteiger partial charge on any atom is -0.321 e. The fourth-order valence-electron chi connectivity index (χ4n) is 2.32. The smallest absolute Gasteiger partial charge is 0.266 e. The van der Waals surface area contributed by atoms with Gasteiger partial charge >= 0.3 is 0 Å². The summed E-state index contributed by atoms with van der Waals surface area (Å²) < 4.78 is 0. The summed E-state index contributed by atoms with van der Waals surface area (Å²) in [7, 11) is 0. The standard InChI is InChI=1S/C20H14N4O2/c21-13-16(11-14-5-2-1-3-6-14)20(26)22-17-8-4-7-15(12-17)18-9-10-19(25)24-23-18/h1-12H,(H,22,26)(H,24,25)/b16-11+. The molecule has 3 aromatic rings. The van der Waals surface area contributed by atoms with E-state index in [0.717, 1.165) is 11.1 Å². The second-order valence-corrected chi connectivity index (χ2v) is 5.42. The highest BCUT2D eigenvalue weighted by molar-refractivity contribution is 6.09. The minimum atomic E-state index is -0.497. The Hall–Kier alpha value is -3.98. The summed E-state index contributed by atoms with van der Waals surface area (Å²) in [5.74, 6) is -0.497. The molecule has 0 fully saturated rings. The van der Waals surface area contributed by atoms with E-state index in [4.69, 9.17) is 0 Å². The van der Waals surface area contributed by atoms with Gasteiger partial charge in [-0.3, -0.25) is 9.59 Å². The lowest BCUT2D eigenvalue weighted by Gasteiger charge is -2.07. The third kappa shape index (κ3) is 4.10. The number of H-pyrrole nitrogens is 1. The maximum Gasteiger partial charge on any atom is 0.266 e. The van der Waals surface area contributed by atoms with Gasteiger partial charge in [-0.2, -0.15) is 10.4 Å². The first-order chi connectivity index (χ1) is 12.7. The summed E-state index contributed by atoms with van der Waals surface area (Å²) in [6, 6.07) is 21.0. The predicted octanol–water partition coefficient (Wildman–Crippen LogP) is 2.98. The fourth-order valence-corrected chi connectivity index (χ4v) is 2.32.